The molecule has 19 heavy (non-hydrogen) atoms. The third-order valence-electron chi connectivity index (χ3n) is 2.64. The number of carbonyl (C=O) groups is 2. The van der Waals surface area contributed by atoms with E-state index in [0.29, 0.717) is 6.42 Å². The molecule has 1 aromatic carbocycles. The van der Waals surface area contributed by atoms with Gasteiger partial charge in [-0.15, -0.1) is 0 Å². The normalized spacial score (nSPS) is 13.4. The number of hydrogen-bond donors (Lipinski definition) is 4. The molecule has 0 bridgehead atoms. The van der Waals surface area contributed by atoms with Gasteiger partial charge in [-0.1, -0.05) is 30.3 Å². The Morgan fingerprint density at radius 2 is 1.89 bits per heavy atom. The smallest absolute Gasteiger partial charge is 0.312 e. The van der Waals surface area contributed by atoms with Crippen LogP contribution in [0.15, 0.2) is 30.3 Å². The fraction of sp³-hybridized carbons (Fsp3) is 0.385. The molecule has 0 aromatic heterocycles. The minimum absolute atomic E-state index is 0.177. The molecule has 0 aliphatic heterocycles. The molecule has 3 amide bonds. The molecular formula is C13H19N3O3. The van der Waals surface area contributed by atoms with E-state index >= 15 is 0 Å². The molecule has 2 unspecified atom stereocenters. The summed E-state index contributed by atoms with van der Waals surface area (Å²) < 4.78 is 0. The van der Waals surface area contributed by atoms with Crippen molar-refractivity contribution in [2.24, 2.45) is 5.73 Å². The molecule has 2 atom stereocenters. The molecule has 0 heterocycles. The van der Waals surface area contributed by atoms with Crippen LogP contribution in [0.4, 0.5) is 4.79 Å². The van der Waals surface area contributed by atoms with Gasteiger partial charge in [-0.3, -0.25) is 4.79 Å². The second-order valence-corrected chi connectivity index (χ2v) is 4.31. The van der Waals surface area contributed by atoms with E-state index in [1.165, 1.54) is 6.92 Å². The van der Waals surface area contributed by atoms with Gasteiger partial charge in [0.05, 0.1) is 12.6 Å². The van der Waals surface area contributed by atoms with E-state index in [2.05, 4.69) is 10.6 Å². The van der Waals surface area contributed by atoms with E-state index in [1.54, 1.807) is 0 Å². The molecule has 0 saturated heterocycles. The Bertz CT molecular complexity index is 422. The van der Waals surface area contributed by atoms with Crippen molar-refractivity contribution in [1.82, 2.24) is 10.6 Å². The van der Waals surface area contributed by atoms with Crippen molar-refractivity contribution in [2.45, 2.75) is 25.4 Å². The lowest BCUT2D eigenvalue weighted by Gasteiger charge is -2.19. The van der Waals surface area contributed by atoms with Crippen molar-refractivity contribution in [1.29, 1.82) is 0 Å². The summed E-state index contributed by atoms with van der Waals surface area (Å²) in [6.07, 6.45) is 0.520. The molecule has 6 heteroatoms. The van der Waals surface area contributed by atoms with Gasteiger partial charge in [-0.05, 0) is 18.9 Å². The maximum Gasteiger partial charge on any atom is 0.312 e. The van der Waals surface area contributed by atoms with Gasteiger partial charge >= 0.3 is 6.03 Å². The Hall–Kier alpha value is -2.08. The summed E-state index contributed by atoms with van der Waals surface area (Å²) in [7, 11) is 0. The van der Waals surface area contributed by atoms with Gasteiger partial charge in [0, 0.05) is 0 Å². The van der Waals surface area contributed by atoms with E-state index in [-0.39, 0.29) is 12.5 Å². The van der Waals surface area contributed by atoms with Gasteiger partial charge in [0.1, 0.15) is 6.04 Å². The third-order valence-corrected chi connectivity index (χ3v) is 2.64. The van der Waals surface area contributed by atoms with Crippen molar-refractivity contribution >= 4 is 11.9 Å². The molecule has 0 radical (unpaired) electrons. The summed E-state index contributed by atoms with van der Waals surface area (Å²) in [6, 6.07) is 7.63. The van der Waals surface area contributed by atoms with Crippen molar-refractivity contribution in [2.75, 3.05) is 6.61 Å². The zero-order valence-corrected chi connectivity index (χ0v) is 10.8. The Morgan fingerprint density at radius 1 is 1.26 bits per heavy atom. The quantitative estimate of drug-likeness (QED) is 0.570. The van der Waals surface area contributed by atoms with Gasteiger partial charge in [-0.25, -0.2) is 4.79 Å². The average Bonchev–Trinajstić information content (AvgIpc) is 2.38. The van der Waals surface area contributed by atoms with Crippen molar-refractivity contribution < 1.29 is 14.7 Å². The third kappa shape index (κ3) is 5.39. The lowest BCUT2D eigenvalue weighted by Crippen LogP contribution is -2.50. The van der Waals surface area contributed by atoms with E-state index in [4.69, 9.17) is 5.73 Å². The largest absolute Gasteiger partial charge is 0.394 e. The number of nitrogens with one attached hydrogen (secondary N) is 2. The molecule has 104 valence electrons. The fourth-order valence-electron chi connectivity index (χ4n) is 1.66. The number of rotatable bonds is 6. The molecule has 0 aliphatic carbocycles. The highest BCUT2D eigenvalue weighted by molar-refractivity contribution is 5.86. The number of urea groups is 1. The van der Waals surface area contributed by atoms with Gasteiger partial charge in [0.25, 0.3) is 0 Å². The van der Waals surface area contributed by atoms with E-state index in [9.17, 15) is 14.7 Å². The van der Waals surface area contributed by atoms with E-state index < -0.39 is 18.1 Å². The lowest BCUT2D eigenvalue weighted by molar-refractivity contribution is -0.123. The van der Waals surface area contributed by atoms with Gasteiger partial charge in [0.15, 0.2) is 0 Å². The van der Waals surface area contributed by atoms with Crippen LogP contribution in [0, 0.1) is 0 Å². The number of carbonyl (C=O) groups excluding carboxylic acids is 2. The van der Waals surface area contributed by atoms with Gasteiger partial charge in [-0.2, -0.15) is 0 Å². The Labute approximate surface area is 112 Å². The second kappa shape index (κ2) is 7.38. The summed E-state index contributed by atoms with van der Waals surface area (Å²) in [5, 5.41) is 14.2. The minimum atomic E-state index is -0.758. The van der Waals surface area contributed by atoms with Crippen LogP contribution in [0.3, 0.4) is 0 Å². The molecule has 0 spiro atoms. The predicted molar refractivity (Wildman–Crippen MR) is 71.3 cm³/mol. The molecule has 1 rings (SSSR count). The first-order valence-corrected chi connectivity index (χ1v) is 6.04. The topological polar surface area (TPSA) is 104 Å². The van der Waals surface area contributed by atoms with Crippen molar-refractivity contribution in [3.8, 4) is 0 Å². The zero-order valence-electron chi connectivity index (χ0n) is 10.8. The van der Waals surface area contributed by atoms with E-state index in [0.717, 1.165) is 5.56 Å². The van der Waals surface area contributed by atoms with Crippen LogP contribution < -0.4 is 16.4 Å². The number of aliphatic hydroxyl groups is 1. The summed E-state index contributed by atoms with van der Waals surface area (Å²) in [5.41, 5.74) is 5.95. The summed E-state index contributed by atoms with van der Waals surface area (Å²) in [4.78, 5) is 22.4. The first-order chi connectivity index (χ1) is 9.02. The summed E-state index contributed by atoms with van der Waals surface area (Å²) in [5.74, 6) is -0.381. The number of amides is 3. The molecule has 1 aromatic rings. The van der Waals surface area contributed by atoms with Gasteiger partial charge in [0.2, 0.25) is 5.91 Å². The van der Waals surface area contributed by atoms with Crippen LogP contribution in [0.1, 0.15) is 12.5 Å². The standard InChI is InChI=1S/C13H19N3O3/c1-9(15-13(14)19)12(18)16-11(8-17)7-10-5-3-2-4-6-10/h2-6,9,11,17H,7-8H2,1H3,(H,16,18)(H3,14,15,19). The second-order valence-electron chi connectivity index (χ2n) is 4.31. The Morgan fingerprint density at radius 3 is 2.42 bits per heavy atom. The molecule has 0 aliphatic rings. The molecular weight excluding hydrogens is 246 g/mol. The number of hydrogen-bond acceptors (Lipinski definition) is 3. The molecule has 6 nitrogen and oxygen atoms in total. The molecule has 0 fully saturated rings. The average molecular weight is 265 g/mol. The summed E-state index contributed by atoms with van der Waals surface area (Å²) >= 11 is 0. The first-order valence-electron chi connectivity index (χ1n) is 6.04. The molecule has 0 saturated carbocycles. The minimum Gasteiger partial charge on any atom is -0.394 e. The zero-order chi connectivity index (χ0) is 14.3. The Kier molecular flexibility index (Phi) is 5.81. The fourth-order valence-corrected chi connectivity index (χ4v) is 1.66. The SMILES string of the molecule is CC(NC(N)=O)C(=O)NC(CO)Cc1ccccc1. The van der Waals surface area contributed by atoms with Crippen molar-refractivity contribution in [3.63, 3.8) is 0 Å². The maximum absolute atomic E-state index is 11.7. The van der Waals surface area contributed by atoms with Crippen LogP contribution in [0.25, 0.3) is 0 Å². The highest BCUT2D eigenvalue weighted by atomic mass is 16.3. The van der Waals surface area contributed by atoms with Crippen LogP contribution in [-0.4, -0.2) is 35.7 Å². The van der Waals surface area contributed by atoms with Crippen LogP contribution in [-0.2, 0) is 11.2 Å². The lowest BCUT2D eigenvalue weighted by atomic mass is 10.1. The number of benzene rings is 1. The number of aliphatic hydroxyl groups excluding tert-OH is 1. The highest BCUT2D eigenvalue weighted by Crippen LogP contribution is 2.03. The number of nitrogens with two attached hydrogens (primary N) is 1. The van der Waals surface area contributed by atoms with Crippen LogP contribution in [0.2, 0.25) is 0 Å². The maximum atomic E-state index is 11.7. The van der Waals surface area contributed by atoms with Crippen LogP contribution in [0.5, 0.6) is 0 Å². The van der Waals surface area contributed by atoms with Crippen LogP contribution >= 0.6 is 0 Å². The Balaban J connectivity index is 2.52. The first kappa shape index (κ1) is 15.0. The van der Waals surface area contributed by atoms with E-state index in [1.807, 2.05) is 30.3 Å². The molecule has 5 N–H and O–H groups in total. The predicted octanol–water partition coefficient (Wildman–Crippen LogP) is -0.237. The van der Waals surface area contributed by atoms with Gasteiger partial charge < -0.3 is 21.5 Å². The number of primary amides is 1. The monoisotopic (exact) mass is 265 g/mol. The van der Waals surface area contributed by atoms with Crippen molar-refractivity contribution in [3.05, 3.63) is 35.9 Å². The summed E-state index contributed by atoms with van der Waals surface area (Å²) in [6.45, 7) is 1.35. The highest BCUT2D eigenvalue weighted by Gasteiger charge is 2.18.